The van der Waals surface area contributed by atoms with Crippen molar-refractivity contribution in [3.05, 3.63) is 56.3 Å². The van der Waals surface area contributed by atoms with E-state index >= 15 is 0 Å². The Bertz CT molecular complexity index is 930. The first-order chi connectivity index (χ1) is 14.2. The summed E-state index contributed by atoms with van der Waals surface area (Å²) in [6.45, 7) is 8.46. The molecule has 0 saturated heterocycles. The van der Waals surface area contributed by atoms with E-state index in [1.165, 1.54) is 0 Å². The van der Waals surface area contributed by atoms with Crippen LogP contribution in [0.25, 0.3) is 0 Å². The maximum Gasteiger partial charge on any atom is 0.336 e. The largest absolute Gasteiger partial charge is 0.462 e. The number of hydrogen-bond donors (Lipinski definition) is 1. The zero-order valence-corrected chi connectivity index (χ0v) is 19.5. The Kier molecular flexibility index (Phi) is 6.98. The monoisotopic (exact) mass is 449 g/mol. The van der Waals surface area contributed by atoms with Crippen LogP contribution in [-0.4, -0.2) is 18.4 Å². The molecule has 0 fully saturated rings. The Morgan fingerprint density at radius 2 is 1.97 bits per heavy atom. The van der Waals surface area contributed by atoms with Crippen LogP contribution in [0.2, 0.25) is 10.0 Å². The van der Waals surface area contributed by atoms with Crippen molar-refractivity contribution in [3.8, 4) is 0 Å². The zero-order chi connectivity index (χ0) is 22.1. The van der Waals surface area contributed by atoms with Crippen LogP contribution < -0.4 is 5.32 Å². The minimum absolute atomic E-state index is 0.0265. The van der Waals surface area contributed by atoms with Gasteiger partial charge in [0.15, 0.2) is 5.78 Å². The lowest BCUT2D eigenvalue weighted by Gasteiger charge is -2.39. The number of allylic oxidation sites excluding steroid dienone is 3. The van der Waals surface area contributed by atoms with Gasteiger partial charge < -0.3 is 10.1 Å². The number of hydrogen-bond acceptors (Lipinski definition) is 4. The highest BCUT2D eigenvalue weighted by Crippen LogP contribution is 2.48. The molecule has 3 rings (SSSR count). The predicted molar refractivity (Wildman–Crippen MR) is 121 cm³/mol. The Balaban J connectivity index is 2.08. The van der Waals surface area contributed by atoms with E-state index in [0.29, 0.717) is 45.5 Å². The Morgan fingerprint density at radius 3 is 2.67 bits per heavy atom. The third kappa shape index (κ3) is 4.60. The van der Waals surface area contributed by atoms with Gasteiger partial charge in [-0.1, -0.05) is 68.9 Å². The number of carbonyl (C=O) groups is 2. The number of unbranched alkanes of at least 4 members (excludes halogenated alkanes) is 2. The molecule has 1 atom stereocenters. The van der Waals surface area contributed by atoms with Gasteiger partial charge in [-0.2, -0.15) is 0 Å². The first-order valence-corrected chi connectivity index (χ1v) is 11.3. The summed E-state index contributed by atoms with van der Waals surface area (Å²) in [5.74, 6) is -0.977. The van der Waals surface area contributed by atoms with Crippen molar-refractivity contribution in [1.29, 1.82) is 0 Å². The summed E-state index contributed by atoms with van der Waals surface area (Å²) in [4.78, 5) is 26.4. The summed E-state index contributed by atoms with van der Waals surface area (Å²) >= 11 is 12.9. The fourth-order valence-corrected chi connectivity index (χ4v) is 4.77. The Hall–Kier alpha value is -1.78. The van der Waals surface area contributed by atoms with Crippen LogP contribution in [-0.2, 0) is 14.3 Å². The average Bonchev–Trinajstić information content (AvgIpc) is 2.65. The molecule has 2 aliphatic rings. The number of rotatable bonds is 6. The highest BCUT2D eigenvalue weighted by molar-refractivity contribution is 6.42. The van der Waals surface area contributed by atoms with Gasteiger partial charge in [-0.25, -0.2) is 4.79 Å². The number of esters is 1. The van der Waals surface area contributed by atoms with Crippen molar-refractivity contribution in [2.45, 2.75) is 65.7 Å². The molecule has 1 aliphatic heterocycles. The molecule has 0 amide bonds. The number of dihydropyridines is 1. The van der Waals surface area contributed by atoms with Crippen molar-refractivity contribution < 1.29 is 14.3 Å². The van der Waals surface area contributed by atoms with Gasteiger partial charge in [0.2, 0.25) is 0 Å². The van der Waals surface area contributed by atoms with Crippen molar-refractivity contribution in [3.63, 3.8) is 0 Å². The van der Waals surface area contributed by atoms with Crippen LogP contribution in [0.3, 0.4) is 0 Å². The second-order valence-corrected chi connectivity index (χ2v) is 9.70. The molecule has 1 aliphatic carbocycles. The average molecular weight is 450 g/mol. The van der Waals surface area contributed by atoms with Gasteiger partial charge in [-0.05, 0) is 36.8 Å². The first-order valence-electron chi connectivity index (χ1n) is 10.5. The molecule has 1 aromatic carbocycles. The number of carbonyl (C=O) groups excluding carboxylic acids is 2. The third-order valence-electron chi connectivity index (χ3n) is 5.73. The van der Waals surface area contributed by atoms with E-state index in [2.05, 4.69) is 26.1 Å². The molecular formula is C24H29Cl2NO3. The van der Waals surface area contributed by atoms with E-state index in [9.17, 15) is 9.59 Å². The van der Waals surface area contributed by atoms with Crippen molar-refractivity contribution in [2.75, 3.05) is 6.61 Å². The predicted octanol–water partition coefficient (Wildman–Crippen LogP) is 6.33. The first kappa shape index (κ1) is 22.9. The fraction of sp³-hybridized carbons (Fsp3) is 0.500. The minimum Gasteiger partial charge on any atom is -0.462 e. The van der Waals surface area contributed by atoms with Crippen LogP contribution >= 0.6 is 23.2 Å². The maximum atomic E-state index is 13.2. The Labute approximate surface area is 188 Å². The highest BCUT2D eigenvalue weighted by atomic mass is 35.5. The molecular weight excluding hydrogens is 421 g/mol. The molecule has 4 nitrogen and oxygen atoms in total. The molecule has 0 aromatic heterocycles. The van der Waals surface area contributed by atoms with E-state index in [-0.39, 0.29) is 11.2 Å². The van der Waals surface area contributed by atoms with Gasteiger partial charge in [0.1, 0.15) is 0 Å². The van der Waals surface area contributed by atoms with Crippen LogP contribution in [0, 0.1) is 5.41 Å². The Morgan fingerprint density at radius 1 is 1.23 bits per heavy atom. The normalized spacial score (nSPS) is 20.7. The van der Waals surface area contributed by atoms with Gasteiger partial charge in [0, 0.05) is 29.3 Å². The van der Waals surface area contributed by atoms with E-state index in [1.54, 1.807) is 12.1 Å². The second kappa shape index (κ2) is 9.15. The van der Waals surface area contributed by atoms with E-state index in [4.69, 9.17) is 27.9 Å². The molecule has 30 heavy (non-hydrogen) atoms. The third-order valence-corrected chi connectivity index (χ3v) is 6.57. The van der Waals surface area contributed by atoms with Crippen LogP contribution in [0.4, 0.5) is 0 Å². The second-order valence-electron chi connectivity index (χ2n) is 8.92. The van der Waals surface area contributed by atoms with Gasteiger partial charge in [0.25, 0.3) is 0 Å². The molecule has 0 bridgehead atoms. The summed E-state index contributed by atoms with van der Waals surface area (Å²) in [5, 5.41) is 4.09. The number of ether oxygens (including phenoxy) is 1. The standard InChI is InChI=1S/C24H29Cl2NO3/c1-5-6-7-11-30-23(29)19-14(2)27-17-12-24(3,4)13-18(28)21(17)20(19)15-9-8-10-16(25)22(15)26/h8-10,20,27H,5-7,11-13H2,1-4H3/t20-/m1/s1. The summed E-state index contributed by atoms with van der Waals surface area (Å²) in [7, 11) is 0. The molecule has 162 valence electrons. The van der Waals surface area contributed by atoms with Gasteiger partial charge in [0.05, 0.1) is 22.2 Å². The molecule has 0 unspecified atom stereocenters. The number of ketones is 1. The van der Waals surface area contributed by atoms with Gasteiger partial charge in [-0.3, -0.25) is 4.79 Å². The SMILES string of the molecule is CCCCCOC(=O)C1=C(C)NC2=C(C(=O)CC(C)(C)C2)[C@@H]1c1cccc(Cl)c1Cl. The summed E-state index contributed by atoms with van der Waals surface area (Å²) in [6.07, 6.45) is 3.99. The lowest BCUT2D eigenvalue weighted by molar-refractivity contribution is -0.139. The van der Waals surface area contributed by atoms with Crippen LogP contribution in [0.5, 0.6) is 0 Å². The fourth-order valence-electron chi connectivity index (χ4n) is 4.36. The molecule has 0 saturated carbocycles. The van der Waals surface area contributed by atoms with E-state index < -0.39 is 11.9 Å². The van der Waals surface area contributed by atoms with E-state index in [1.807, 2.05) is 13.0 Å². The van der Waals surface area contributed by atoms with Crippen molar-refractivity contribution in [2.24, 2.45) is 5.41 Å². The summed E-state index contributed by atoms with van der Waals surface area (Å²) in [5.41, 5.74) is 3.10. The summed E-state index contributed by atoms with van der Waals surface area (Å²) < 4.78 is 5.58. The van der Waals surface area contributed by atoms with Gasteiger partial charge >= 0.3 is 5.97 Å². The number of benzene rings is 1. The topological polar surface area (TPSA) is 55.4 Å². The molecule has 1 heterocycles. The van der Waals surface area contributed by atoms with Crippen LogP contribution in [0.15, 0.2) is 40.7 Å². The van der Waals surface area contributed by atoms with Gasteiger partial charge in [-0.15, -0.1) is 0 Å². The minimum atomic E-state index is -0.588. The molecule has 0 radical (unpaired) electrons. The molecule has 1 aromatic rings. The summed E-state index contributed by atoms with van der Waals surface area (Å²) in [6, 6.07) is 5.33. The number of nitrogens with one attached hydrogen (secondary N) is 1. The molecule has 6 heteroatoms. The zero-order valence-electron chi connectivity index (χ0n) is 18.0. The van der Waals surface area contributed by atoms with E-state index in [0.717, 1.165) is 31.4 Å². The molecule has 0 spiro atoms. The maximum absolute atomic E-state index is 13.2. The lowest BCUT2D eigenvalue weighted by Crippen LogP contribution is -2.38. The van der Waals surface area contributed by atoms with Crippen molar-refractivity contribution >= 4 is 35.0 Å². The van der Waals surface area contributed by atoms with Crippen molar-refractivity contribution in [1.82, 2.24) is 5.32 Å². The smallest absolute Gasteiger partial charge is 0.336 e. The quantitative estimate of drug-likeness (QED) is 0.407. The highest BCUT2D eigenvalue weighted by Gasteiger charge is 2.43. The number of halogens is 2. The molecule has 1 N–H and O–H groups in total. The van der Waals surface area contributed by atoms with Crippen LogP contribution in [0.1, 0.15) is 71.3 Å². The number of Topliss-reactive ketones (excluding diaryl/α,β-unsaturated/α-hetero) is 1. The lowest BCUT2D eigenvalue weighted by atomic mass is 9.68.